The zero-order valence-corrected chi connectivity index (χ0v) is 13.2. The Morgan fingerprint density at radius 3 is 1.27 bits per heavy atom. The average Bonchev–Trinajstić information content (AvgIpc) is 2.44. The Labute approximate surface area is 128 Å². The third kappa shape index (κ3) is 4.47. The van der Waals surface area contributed by atoms with Crippen LogP contribution in [0.1, 0.15) is 0 Å². The van der Waals surface area contributed by atoms with E-state index < -0.39 is 30.0 Å². The summed E-state index contributed by atoms with van der Waals surface area (Å²) in [6.45, 7) is 1.92. The van der Waals surface area contributed by atoms with Crippen LogP contribution in [0.3, 0.4) is 0 Å². The van der Waals surface area contributed by atoms with Crippen molar-refractivity contribution in [1.29, 1.82) is 0 Å². The van der Waals surface area contributed by atoms with Crippen molar-refractivity contribution in [2.75, 3.05) is 13.1 Å². The normalized spacial score (nSPS) is 11.8. The molecule has 2 aromatic rings. The van der Waals surface area contributed by atoms with Crippen molar-refractivity contribution in [2.24, 2.45) is 0 Å². The van der Waals surface area contributed by atoms with E-state index >= 15 is 0 Å². The van der Waals surface area contributed by atoms with Crippen molar-refractivity contribution in [1.82, 2.24) is 0 Å². The molecule has 0 fully saturated rings. The van der Waals surface area contributed by atoms with Crippen molar-refractivity contribution in [3.63, 3.8) is 0 Å². The van der Waals surface area contributed by atoms with E-state index in [1.807, 2.05) is 0 Å². The molecule has 0 bridgehead atoms. The molecule has 22 heavy (non-hydrogen) atoms. The van der Waals surface area contributed by atoms with Crippen LogP contribution < -0.4 is 11.5 Å². The maximum Gasteiger partial charge on any atom is 0.125 e. The summed E-state index contributed by atoms with van der Waals surface area (Å²) in [6.07, 6.45) is 0. The van der Waals surface area contributed by atoms with Gasteiger partial charge in [0.1, 0.15) is 33.3 Å². The highest BCUT2D eigenvalue weighted by Crippen LogP contribution is 2.27. The molecule has 0 spiro atoms. The number of benzene rings is 2. The zero-order valence-electron chi connectivity index (χ0n) is 11.6. The highest BCUT2D eigenvalue weighted by atomic mass is 32.2. The lowest BCUT2D eigenvalue weighted by Crippen LogP contribution is -2.64. The molecule has 0 aromatic heterocycles. The molecule has 8 nitrogen and oxygen atoms in total. The topological polar surface area (TPSA) is 170 Å². The van der Waals surface area contributed by atoms with Crippen molar-refractivity contribution in [3.05, 3.63) is 36.4 Å². The Morgan fingerprint density at radius 2 is 1.05 bits per heavy atom. The predicted octanol–water partition coefficient (Wildman–Crippen LogP) is -1.88. The van der Waals surface area contributed by atoms with Crippen molar-refractivity contribution in [2.45, 2.75) is 9.79 Å². The van der Waals surface area contributed by atoms with E-state index in [4.69, 9.17) is 0 Å². The summed E-state index contributed by atoms with van der Waals surface area (Å²) in [5.41, 5.74) is 7.08. The molecule has 0 unspecified atom stereocenters. The molecule has 0 aliphatic rings. The molecule has 122 valence electrons. The van der Waals surface area contributed by atoms with E-state index in [0.29, 0.717) is 0 Å². The second kappa shape index (κ2) is 7.13. The van der Waals surface area contributed by atoms with Gasteiger partial charge in [0.05, 0.1) is 9.79 Å². The fourth-order valence-corrected chi connectivity index (χ4v) is 3.07. The largest absolute Gasteiger partial charge is 0.744 e. The standard InChI is InChI=1S/C10H8O6S2.C2H8N2/c11-17(12,13)9-5-1-3-7-8(9)4-2-6-10(7)18(14,15)16;3-1-2-4/h1-6H,(H,11,12,13)(H,14,15,16);1-4H2. The molecule has 0 amide bonds. The first-order valence-electron chi connectivity index (χ1n) is 6.15. The highest BCUT2D eigenvalue weighted by molar-refractivity contribution is 7.86. The lowest BCUT2D eigenvalue weighted by atomic mass is 10.1. The number of rotatable bonds is 3. The van der Waals surface area contributed by atoms with Crippen molar-refractivity contribution >= 4 is 31.0 Å². The van der Waals surface area contributed by atoms with Crippen LogP contribution in [0.2, 0.25) is 0 Å². The van der Waals surface area contributed by atoms with Gasteiger partial charge in [0.15, 0.2) is 0 Å². The number of fused-ring (bicyclic) bond motifs is 1. The summed E-state index contributed by atoms with van der Waals surface area (Å²) in [5.74, 6) is 0. The zero-order chi connectivity index (χ0) is 17.0. The van der Waals surface area contributed by atoms with Gasteiger partial charge in [-0.3, -0.25) is 0 Å². The van der Waals surface area contributed by atoms with Gasteiger partial charge in [-0.25, -0.2) is 16.8 Å². The van der Waals surface area contributed by atoms with Crippen LogP contribution in [0.5, 0.6) is 0 Å². The van der Waals surface area contributed by atoms with E-state index in [1.165, 1.54) is 24.3 Å². The predicted molar refractivity (Wildman–Crippen MR) is 75.4 cm³/mol. The van der Waals surface area contributed by atoms with Gasteiger partial charge in [0, 0.05) is 10.8 Å². The molecule has 0 saturated heterocycles. The summed E-state index contributed by atoms with van der Waals surface area (Å²) >= 11 is 0. The SMILES string of the molecule is O=S(=O)([O-])c1cccc2c(S(=O)(=O)[O-])cccc12.[NH3+]CC[NH3+]. The third-order valence-electron chi connectivity index (χ3n) is 2.63. The van der Waals surface area contributed by atoms with Gasteiger partial charge in [-0.05, 0) is 12.1 Å². The van der Waals surface area contributed by atoms with Gasteiger partial charge >= 0.3 is 0 Å². The maximum atomic E-state index is 11.0. The molecule has 0 radical (unpaired) electrons. The first kappa shape index (κ1) is 18.5. The lowest BCUT2D eigenvalue weighted by Gasteiger charge is -2.14. The van der Waals surface area contributed by atoms with Crippen LogP contribution in [-0.2, 0) is 20.2 Å². The molecule has 0 aliphatic heterocycles. The van der Waals surface area contributed by atoms with Crippen molar-refractivity contribution < 1.29 is 37.4 Å². The van der Waals surface area contributed by atoms with Gasteiger partial charge in [-0.2, -0.15) is 0 Å². The lowest BCUT2D eigenvalue weighted by molar-refractivity contribution is -0.453. The van der Waals surface area contributed by atoms with Crippen LogP contribution in [0.25, 0.3) is 10.8 Å². The summed E-state index contributed by atoms with van der Waals surface area (Å²) < 4.78 is 66.1. The minimum atomic E-state index is -4.74. The fourth-order valence-electron chi connectivity index (χ4n) is 1.69. The first-order valence-corrected chi connectivity index (χ1v) is 8.96. The number of hydrogen-bond donors (Lipinski definition) is 2. The van der Waals surface area contributed by atoms with E-state index in [9.17, 15) is 25.9 Å². The van der Waals surface area contributed by atoms with Crippen LogP contribution in [-0.4, -0.2) is 39.0 Å². The van der Waals surface area contributed by atoms with Gasteiger partial charge in [0.25, 0.3) is 0 Å². The molecule has 0 heterocycles. The van der Waals surface area contributed by atoms with Crippen LogP contribution >= 0.6 is 0 Å². The molecule has 10 heteroatoms. The maximum absolute atomic E-state index is 11.0. The Kier molecular flexibility index (Phi) is 6.00. The monoisotopic (exact) mass is 348 g/mol. The highest BCUT2D eigenvalue weighted by Gasteiger charge is 2.12. The third-order valence-corrected chi connectivity index (χ3v) is 4.42. The van der Waals surface area contributed by atoms with Crippen LogP contribution in [0.4, 0.5) is 0 Å². The molecule has 2 rings (SSSR count). The quantitative estimate of drug-likeness (QED) is 0.615. The second-order valence-electron chi connectivity index (χ2n) is 4.22. The van der Waals surface area contributed by atoms with Gasteiger partial charge in [0.2, 0.25) is 0 Å². The van der Waals surface area contributed by atoms with E-state index in [1.54, 1.807) is 0 Å². The summed E-state index contributed by atoms with van der Waals surface area (Å²) in [6, 6.07) is 7.09. The molecular weight excluding hydrogens is 332 g/mol. The van der Waals surface area contributed by atoms with E-state index in [-0.39, 0.29) is 10.8 Å². The molecule has 2 aromatic carbocycles. The molecule has 0 aliphatic carbocycles. The minimum absolute atomic E-state index is 0.0792. The summed E-state index contributed by atoms with van der Waals surface area (Å²) in [7, 11) is -9.48. The van der Waals surface area contributed by atoms with Crippen LogP contribution in [0, 0.1) is 0 Å². The summed E-state index contributed by atoms with van der Waals surface area (Å²) in [5, 5.41) is -0.158. The Hall–Kier alpha value is -1.56. The smallest absolute Gasteiger partial charge is 0.125 e. The Balaban J connectivity index is 0.000000541. The molecule has 0 atom stereocenters. The fraction of sp³-hybridized carbons (Fsp3) is 0.167. The molecule has 0 saturated carbocycles. The van der Waals surface area contributed by atoms with E-state index in [0.717, 1.165) is 25.2 Å². The molecular formula is C12H16N2O6S2. The number of hydrogen-bond acceptors (Lipinski definition) is 6. The Bertz CT molecular complexity index is 789. The molecule has 6 N–H and O–H groups in total. The first-order chi connectivity index (χ1) is 10.1. The minimum Gasteiger partial charge on any atom is -0.744 e. The Morgan fingerprint density at radius 1 is 0.727 bits per heavy atom. The van der Waals surface area contributed by atoms with Gasteiger partial charge in [-0.15, -0.1) is 0 Å². The second-order valence-corrected chi connectivity index (χ2v) is 6.92. The summed E-state index contributed by atoms with van der Waals surface area (Å²) in [4.78, 5) is -1.10. The number of quaternary nitrogens is 2. The van der Waals surface area contributed by atoms with E-state index in [2.05, 4.69) is 11.5 Å². The van der Waals surface area contributed by atoms with Crippen molar-refractivity contribution in [3.8, 4) is 0 Å². The van der Waals surface area contributed by atoms with Crippen LogP contribution in [0.15, 0.2) is 46.2 Å². The van der Waals surface area contributed by atoms with Gasteiger partial charge in [-0.1, -0.05) is 24.3 Å². The van der Waals surface area contributed by atoms with Gasteiger partial charge < -0.3 is 20.6 Å². The average molecular weight is 348 g/mol.